The molecule has 0 bridgehead atoms. The predicted molar refractivity (Wildman–Crippen MR) is 78.4 cm³/mol. The highest BCUT2D eigenvalue weighted by atomic mass is 32.2. The van der Waals surface area contributed by atoms with Crippen molar-refractivity contribution in [1.29, 1.82) is 0 Å². The van der Waals surface area contributed by atoms with E-state index in [2.05, 4.69) is 22.1 Å². The molecule has 0 radical (unpaired) electrons. The maximum absolute atomic E-state index is 12.2. The summed E-state index contributed by atoms with van der Waals surface area (Å²) in [6, 6.07) is 3.22. The van der Waals surface area contributed by atoms with Crippen molar-refractivity contribution in [3.63, 3.8) is 0 Å². The zero-order chi connectivity index (χ0) is 14.6. The lowest BCUT2D eigenvalue weighted by molar-refractivity contribution is 0.290. The monoisotopic (exact) mass is 298 g/mol. The van der Waals surface area contributed by atoms with E-state index in [-0.39, 0.29) is 5.03 Å². The van der Waals surface area contributed by atoms with Gasteiger partial charge in [-0.05, 0) is 36.8 Å². The molecular weight excluding hydrogens is 276 g/mol. The molecule has 1 aliphatic carbocycles. The molecule has 1 heterocycles. The largest absolute Gasteiger partial charge is 0.321 e. The van der Waals surface area contributed by atoms with Crippen LogP contribution in [0, 0.1) is 11.8 Å². The van der Waals surface area contributed by atoms with Gasteiger partial charge >= 0.3 is 0 Å². The molecule has 1 aromatic rings. The van der Waals surface area contributed by atoms with Crippen molar-refractivity contribution in [2.24, 2.45) is 17.7 Å². The molecule has 0 saturated heterocycles. The molecular formula is C13H22N4O2S. The van der Waals surface area contributed by atoms with E-state index in [0.717, 1.165) is 18.8 Å². The first-order valence-electron chi connectivity index (χ1n) is 6.94. The van der Waals surface area contributed by atoms with Gasteiger partial charge in [0, 0.05) is 12.7 Å². The van der Waals surface area contributed by atoms with E-state index in [1.807, 2.05) is 0 Å². The van der Waals surface area contributed by atoms with Crippen molar-refractivity contribution in [2.45, 2.75) is 37.6 Å². The molecule has 2 rings (SSSR count). The lowest BCUT2D eigenvalue weighted by Gasteiger charge is -2.26. The van der Waals surface area contributed by atoms with Gasteiger partial charge in [0.25, 0.3) is 10.0 Å². The van der Waals surface area contributed by atoms with Crippen LogP contribution in [0.1, 0.15) is 32.6 Å². The molecule has 0 unspecified atom stereocenters. The predicted octanol–water partition coefficient (Wildman–Crippen LogP) is 1.47. The molecule has 112 valence electrons. The summed E-state index contributed by atoms with van der Waals surface area (Å²) < 4.78 is 27.1. The number of nitrogens with one attached hydrogen (secondary N) is 2. The standard InChI is InChI=1S/C13H22N4O2S/c1-10-4-6-11(7-5-10)9-16-20(18,19)13-12(17-14)3-2-8-15-13/h2-3,8,10-11,16-17H,4-7,9,14H2,1H3. The molecule has 4 N–H and O–H groups in total. The van der Waals surface area contributed by atoms with Crippen LogP contribution in [0.4, 0.5) is 5.69 Å². The Kier molecular flexibility index (Phi) is 4.95. The molecule has 0 aromatic carbocycles. The van der Waals surface area contributed by atoms with Crippen LogP contribution in [0.3, 0.4) is 0 Å². The summed E-state index contributed by atoms with van der Waals surface area (Å²) in [5.41, 5.74) is 2.67. The Morgan fingerprint density at radius 1 is 1.35 bits per heavy atom. The second-order valence-electron chi connectivity index (χ2n) is 5.48. The Balaban J connectivity index is 2.00. The molecule has 1 aromatic heterocycles. The molecule has 1 saturated carbocycles. The fourth-order valence-corrected chi connectivity index (χ4v) is 3.75. The van der Waals surface area contributed by atoms with Crippen LogP contribution in [0.5, 0.6) is 0 Å². The van der Waals surface area contributed by atoms with Crippen LogP contribution in [0.15, 0.2) is 23.4 Å². The molecule has 0 spiro atoms. The SMILES string of the molecule is CC1CCC(CNS(=O)(=O)c2ncccc2NN)CC1. The van der Waals surface area contributed by atoms with E-state index in [9.17, 15) is 8.42 Å². The van der Waals surface area contributed by atoms with Gasteiger partial charge in [-0.2, -0.15) is 0 Å². The van der Waals surface area contributed by atoms with Gasteiger partial charge < -0.3 is 5.43 Å². The van der Waals surface area contributed by atoms with Gasteiger partial charge in [-0.15, -0.1) is 0 Å². The van der Waals surface area contributed by atoms with Gasteiger partial charge in [0.15, 0.2) is 5.03 Å². The number of sulfonamides is 1. The molecule has 0 atom stereocenters. The van der Waals surface area contributed by atoms with Crippen molar-refractivity contribution in [3.8, 4) is 0 Å². The number of pyridine rings is 1. The van der Waals surface area contributed by atoms with E-state index in [1.54, 1.807) is 12.1 Å². The highest BCUT2D eigenvalue weighted by Crippen LogP contribution is 2.28. The maximum atomic E-state index is 12.2. The highest BCUT2D eigenvalue weighted by Gasteiger charge is 2.23. The van der Waals surface area contributed by atoms with Crippen molar-refractivity contribution in [1.82, 2.24) is 9.71 Å². The van der Waals surface area contributed by atoms with Crippen molar-refractivity contribution >= 4 is 15.7 Å². The summed E-state index contributed by atoms with van der Waals surface area (Å²) in [5.74, 6) is 6.49. The van der Waals surface area contributed by atoms with Crippen molar-refractivity contribution < 1.29 is 8.42 Å². The third-order valence-corrected chi connectivity index (χ3v) is 5.26. The highest BCUT2D eigenvalue weighted by molar-refractivity contribution is 7.89. The van der Waals surface area contributed by atoms with E-state index in [1.165, 1.54) is 19.0 Å². The van der Waals surface area contributed by atoms with Crippen molar-refractivity contribution in [2.75, 3.05) is 12.0 Å². The van der Waals surface area contributed by atoms with Gasteiger partial charge in [0.2, 0.25) is 0 Å². The summed E-state index contributed by atoms with van der Waals surface area (Å²) in [6.07, 6.45) is 5.94. The first kappa shape index (κ1) is 15.2. The average Bonchev–Trinajstić information content (AvgIpc) is 2.46. The Bertz CT molecular complexity index is 539. The molecule has 0 amide bonds. The quantitative estimate of drug-likeness (QED) is 0.565. The van der Waals surface area contributed by atoms with E-state index in [4.69, 9.17) is 5.84 Å². The number of nitrogen functional groups attached to an aromatic ring is 1. The van der Waals surface area contributed by atoms with Gasteiger partial charge in [-0.1, -0.05) is 19.8 Å². The molecule has 7 heteroatoms. The second-order valence-corrected chi connectivity index (χ2v) is 7.16. The fourth-order valence-electron chi connectivity index (χ4n) is 2.54. The minimum Gasteiger partial charge on any atom is -0.321 e. The first-order chi connectivity index (χ1) is 9.53. The fraction of sp³-hybridized carbons (Fsp3) is 0.615. The van der Waals surface area contributed by atoms with Gasteiger partial charge in [-0.3, -0.25) is 5.84 Å². The van der Waals surface area contributed by atoms with E-state index in [0.29, 0.717) is 18.2 Å². The Hall–Kier alpha value is -1.18. The van der Waals surface area contributed by atoms with Crippen LogP contribution in [0.25, 0.3) is 0 Å². The number of rotatable bonds is 5. The third kappa shape index (κ3) is 3.68. The van der Waals surface area contributed by atoms with Crippen molar-refractivity contribution in [3.05, 3.63) is 18.3 Å². The van der Waals surface area contributed by atoms with Crippen LogP contribution < -0.4 is 16.0 Å². The minimum absolute atomic E-state index is 0.0494. The Morgan fingerprint density at radius 3 is 2.70 bits per heavy atom. The summed E-state index contributed by atoms with van der Waals surface area (Å²) in [6.45, 7) is 2.71. The first-order valence-corrected chi connectivity index (χ1v) is 8.42. The Labute approximate surface area is 120 Å². The van der Waals surface area contributed by atoms with E-state index >= 15 is 0 Å². The summed E-state index contributed by atoms with van der Waals surface area (Å²) in [5, 5.41) is -0.0494. The number of hydrogen-bond donors (Lipinski definition) is 3. The van der Waals surface area contributed by atoms with Crippen LogP contribution in [-0.2, 0) is 10.0 Å². The number of hydrogen-bond acceptors (Lipinski definition) is 5. The number of nitrogens with two attached hydrogens (primary N) is 1. The van der Waals surface area contributed by atoms with Crippen LogP contribution in [-0.4, -0.2) is 19.9 Å². The molecule has 20 heavy (non-hydrogen) atoms. The zero-order valence-corrected chi connectivity index (χ0v) is 12.5. The average molecular weight is 298 g/mol. The number of hydrazine groups is 1. The molecule has 6 nitrogen and oxygen atoms in total. The lowest BCUT2D eigenvalue weighted by atomic mass is 9.83. The zero-order valence-electron chi connectivity index (χ0n) is 11.7. The normalized spacial score (nSPS) is 23.5. The third-order valence-electron chi connectivity index (χ3n) is 3.88. The summed E-state index contributed by atoms with van der Waals surface area (Å²) in [7, 11) is -3.62. The smallest absolute Gasteiger partial charge is 0.260 e. The maximum Gasteiger partial charge on any atom is 0.260 e. The minimum atomic E-state index is -3.62. The number of aromatic nitrogens is 1. The molecule has 0 aliphatic heterocycles. The topological polar surface area (TPSA) is 97.1 Å². The van der Waals surface area contributed by atoms with Crippen LogP contribution >= 0.6 is 0 Å². The van der Waals surface area contributed by atoms with Gasteiger partial charge in [0.05, 0.1) is 5.69 Å². The van der Waals surface area contributed by atoms with Gasteiger partial charge in [0.1, 0.15) is 0 Å². The number of nitrogens with zero attached hydrogens (tertiary/aromatic N) is 1. The lowest BCUT2D eigenvalue weighted by Crippen LogP contribution is -2.32. The molecule has 1 fully saturated rings. The van der Waals surface area contributed by atoms with Crippen LogP contribution in [0.2, 0.25) is 0 Å². The summed E-state index contributed by atoms with van der Waals surface area (Å²) >= 11 is 0. The number of anilines is 1. The molecule has 1 aliphatic rings. The van der Waals surface area contributed by atoms with E-state index < -0.39 is 10.0 Å². The van der Waals surface area contributed by atoms with Gasteiger partial charge in [-0.25, -0.2) is 18.1 Å². The Morgan fingerprint density at radius 2 is 2.05 bits per heavy atom. The summed E-state index contributed by atoms with van der Waals surface area (Å²) in [4.78, 5) is 3.90. The second kappa shape index (κ2) is 6.51.